The summed E-state index contributed by atoms with van der Waals surface area (Å²) in [7, 11) is 1.75. The maximum Gasteiger partial charge on any atom is 0.295 e. The lowest BCUT2D eigenvalue weighted by Crippen LogP contribution is -2.32. The molecule has 3 rings (SSSR count). The molecule has 27 heavy (non-hydrogen) atoms. The van der Waals surface area contributed by atoms with Crippen LogP contribution in [0.5, 0.6) is 5.75 Å². The number of carbonyl (C=O) groups excluding carboxylic acids is 1. The highest BCUT2D eigenvalue weighted by molar-refractivity contribution is 5.94. The van der Waals surface area contributed by atoms with Gasteiger partial charge in [0, 0.05) is 7.05 Å². The molecule has 0 bridgehead atoms. The Morgan fingerprint density at radius 2 is 1.74 bits per heavy atom. The van der Waals surface area contributed by atoms with Crippen LogP contribution in [0, 0.1) is 12.7 Å². The first-order chi connectivity index (χ1) is 12.9. The van der Waals surface area contributed by atoms with Gasteiger partial charge in [-0.1, -0.05) is 18.2 Å². The molecule has 0 radical (unpaired) electrons. The zero-order chi connectivity index (χ0) is 19.6. The Morgan fingerprint density at radius 3 is 2.37 bits per heavy atom. The van der Waals surface area contributed by atoms with Crippen molar-refractivity contribution in [3.8, 4) is 11.4 Å². The minimum absolute atomic E-state index is 0.195. The molecule has 3 aromatic rings. The molecular formula is C20H20FN3O3. The van der Waals surface area contributed by atoms with E-state index >= 15 is 0 Å². The molecule has 7 heteroatoms. The number of nitrogens with one attached hydrogen (secondary N) is 1. The molecule has 140 valence electrons. The number of ether oxygens (including phenoxy) is 1. The topological polar surface area (TPSA) is 65.3 Å². The molecule has 6 nitrogen and oxygen atoms in total. The van der Waals surface area contributed by atoms with Crippen molar-refractivity contribution in [1.29, 1.82) is 0 Å². The molecule has 0 unspecified atom stereocenters. The predicted octanol–water partition coefficient (Wildman–Crippen LogP) is 3.03. The van der Waals surface area contributed by atoms with Crippen LogP contribution in [0.2, 0.25) is 0 Å². The number of anilines is 1. The fourth-order valence-corrected chi connectivity index (χ4v) is 2.71. The van der Waals surface area contributed by atoms with Gasteiger partial charge in [-0.3, -0.25) is 14.3 Å². The van der Waals surface area contributed by atoms with E-state index in [1.54, 1.807) is 25.6 Å². The quantitative estimate of drug-likeness (QED) is 0.752. The first-order valence-corrected chi connectivity index (χ1v) is 8.45. The van der Waals surface area contributed by atoms with E-state index < -0.39 is 12.0 Å². The number of nitrogens with zero attached hydrogens (tertiary/aromatic N) is 2. The van der Waals surface area contributed by atoms with E-state index in [1.165, 1.54) is 28.9 Å². The predicted molar refractivity (Wildman–Crippen MR) is 101 cm³/mol. The average molecular weight is 369 g/mol. The molecule has 1 heterocycles. The number of hydrogen-bond donors (Lipinski definition) is 1. The Bertz CT molecular complexity index is 1010. The summed E-state index contributed by atoms with van der Waals surface area (Å²) in [5.41, 5.74) is 1.18. The van der Waals surface area contributed by atoms with Crippen LogP contribution in [-0.2, 0) is 11.8 Å². The Morgan fingerprint density at radius 1 is 1.11 bits per heavy atom. The van der Waals surface area contributed by atoms with Crippen molar-refractivity contribution in [2.45, 2.75) is 20.0 Å². The van der Waals surface area contributed by atoms with E-state index in [0.29, 0.717) is 17.1 Å². The molecule has 0 aliphatic carbocycles. The van der Waals surface area contributed by atoms with Crippen molar-refractivity contribution in [3.05, 3.63) is 76.5 Å². The maximum atomic E-state index is 13.0. The lowest BCUT2D eigenvalue weighted by atomic mass is 10.3. The number of benzene rings is 2. The third-order valence-corrected chi connectivity index (χ3v) is 4.30. The van der Waals surface area contributed by atoms with Gasteiger partial charge < -0.3 is 10.1 Å². The van der Waals surface area contributed by atoms with Gasteiger partial charge in [0.2, 0.25) is 0 Å². The summed E-state index contributed by atoms with van der Waals surface area (Å²) < 4.78 is 21.6. The van der Waals surface area contributed by atoms with Crippen molar-refractivity contribution < 1.29 is 13.9 Å². The second kappa shape index (κ2) is 7.49. The fraction of sp³-hybridized carbons (Fsp3) is 0.200. The van der Waals surface area contributed by atoms with E-state index in [9.17, 15) is 14.0 Å². The minimum atomic E-state index is -0.861. The fourth-order valence-electron chi connectivity index (χ4n) is 2.71. The van der Waals surface area contributed by atoms with Crippen LogP contribution in [0.25, 0.3) is 5.69 Å². The monoisotopic (exact) mass is 369 g/mol. The third kappa shape index (κ3) is 3.76. The molecule has 1 aromatic heterocycles. The molecule has 0 saturated heterocycles. The van der Waals surface area contributed by atoms with Gasteiger partial charge in [-0.2, -0.15) is 0 Å². The second-order valence-corrected chi connectivity index (χ2v) is 6.14. The maximum absolute atomic E-state index is 13.0. The van der Waals surface area contributed by atoms with E-state index in [1.807, 2.05) is 30.3 Å². The van der Waals surface area contributed by atoms with E-state index in [-0.39, 0.29) is 17.1 Å². The zero-order valence-corrected chi connectivity index (χ0v) is 15.3. The molecule has 0 saturated carbocycles. The van der Waals surface area contributed by atoms with Crippen LogP contribution >= 0.6 is 0 Å². The molecular weight excluding hydrogens is 349 g/mol. The highest BCUT2D eigenvalue weighted by Gasteiger charge is 2.21. The largest absolute Gasteiger partial charge is 0.481 e. The molecule has 0 aliphatic rings. The number of carbonyl (C=O) groups is 1. The number of aromatic nitrogens is 2. The van der Waals surface area contributed by atoms with Crippen molar-refractivity contribution >= 4 is 11.6 Å². The SMILES string of the molecule is Cc1c(NC(=O)[C@H](C)Oc2ccc(F)cc2)c(=O)n(-c2ccccc2)n1C. The van der Waals surface area contributed by atoms with Crippen LogP contribution in [0.15, 0.2) is 59.4 Å². The van der Waals surface area contributed by atoms with Crippen molar-refractivity contribution in [2.75, 3.05) is 5.32 Å². The molecule has 0 spiro atoms. The van der Waals surface area contributed by atoms with Gasteiger partial charge in [-0.05, 0) is 50.2 Å². The number of hydrogen-bond acceptors (Lipinski definition) is 3. The minimum Gasteiger partial charge on any atom is -0.481 e. The summed E-state index contributed by atoms with van der Waals surface area (Å²) in [6.07, 6.45) is -0.861. The molecule has 2 aromatic carbocycles. The summed E-state index contributed by atoms with van der Waals surface area (Å²) in [6.45, 7) is 3.31. The van der Waals surface area contributed by atoms with Gasteiger partial charge in [0.1, 0.15) is 17.3 Å². The average Bonchev–Trinajstić information content (AvgIpc) is 2.87. The lowest BCUT2D eigenvalue weighted by Gasteiger charge is -2.14. The molecule has 1 amide bonds. The van der Waals surface area contributed by atoms with Gasteiger partial charge in [0.15, 0.2) is 6.10 Å². The van der Waals surface area contributed by atoms with Gasteiger partial charge >= 0.3 is 0 Å². The van der Waals surface area contributed by atoms with Gasteiger partial charge in [-0.15, -0.1) is 0 Å². The Hall–Kier alpha value is -3.35. The highest BCUT2D eigenvalue weighted by atomic mass is 19.1. The third-order valence-electron chi connectivity index (χ3n) is 4.30. The van der Waals surface area contributed by atoms with Crippen molar-refractivity contribution in [1.82, 2.24) is 9.36 Å². The summed E-state index contributed by atoms with van der Waals surface area (Å²) in [5, 5.41) is 2.65. The normalized spacial score (nSPS) is 11.9. The van der Waals surface area contributed by atoms with E-state index in [4.69, 9.17) is 4.74 Å². The van der Waals surface area contributed by atoms with Gasteiger partial charge in [0.05, 0.1) is 11.4 Å². The van der Waals surface area contributed by atoms with Crippen molar-refractivity contribution in [3.63, 3.8) is 0 Å². The molecule has 1 atom stereocenters. The lowest BCUT2D eigenvalue weighted by molar-refractivity contribution is -0.122. The Balaban J connectivity index is 1.82. The second-order valence-electron chi connectivity index (χ2n) is 6.14. The summed E-state index contributed by atoms with van der Waals surface area (Å²) in [4.78, 5) is 25.3. The number of amides is 1. The van der Waals surface area contributed by atoms with Crippen LogP contribution in [0.4, 0.5) is 10.1 Å². The molecule has 1 N–H and O–H groups in total. The first-order valence-electron chi connectivity index (χ1n) is 8.45. The smallest absolute Gasteiger partial charge is 0.295 e. The van der Waals surface area contributed by atoms with Crippen molar-refractivity contribution in [2.24, 2.45) is 7.05 Å². The molecule has 0 aliphatic heterocycles. The van der Waals surface area contributed by atoms with Crippen LogP contribution in [0.1, 0.15) is 12.6 Å². The van der Waals surface area contributed by atoms with Crippen LogP contribution in [-0.4, -0.2) is 21.4 Å². The standard InChI is InChI=1S/C20H20FN3O3/c1-13-18(20(26)24(23(13)3)16-7-5-4-6-8-16)22-19(25)14(2)27-17-11-9-15(21)10-12-17/h4-12,14H,1-3H3,(H,22,25)/t14-/m0/s1. The van der Waals surface area contributed by atoms with Crippen LogP contribution < -0.4 is 15.6 Å². The summed E-state index contributed by atoms with van der Waals surface area (Å²) >= 11 is 0. The van der Waals surface area contributed by atoms with E-state index in [0.717, 1.165) is 0 Å². The van der Waals surface area contributed by atoms with Gasteiger partial charge in [-0.25, -0.2) is 9.07 Å². The number of halogens is 1. The number of para-hydroxylation sites is 1. The van der Waals surface area contributed by atoms with Gasteiger partial charge in [0.25, 0.3) is 11.5 Å². The van der Waals surface area contributed by atoms with E-state index in [2.05, 4.69) is 5.32 Å². The Labute approximate surface area is 155 Å². The van der Waals surface area contributed by atoms with Crippen LogP contribution in [0.3, 0.4) is 0 Å². The first kappa shape index (κ1) is 18.4. The zero-order valence-electron chi connectivity index (χ0n) is 15.3. The molecule has 0 fully saturated rings. The highest BCUT2D eigenvalue weighted by Crippen LogP contribution is 2.16. The summed E-state index contributed by atoms with van der Waals surface area (Å²) in [5.74, 6) is -0.489. The Kier molecular flexibility index (Phi) is 5.12. The number of rotatable bonds is 5. The summed E-state index contributed by atoms with van der Waals surface area (Å²) in [6, 6.07) is 14.5.